The van der Waals surface area contributed by atoms with Crippen molar-refractivity contribution in [1.82, 2.24) is 4.98 Å². The zero-order valence-electron chi connectivity index (χ0n) is 36.7. The molecule has 14 heteroatoms. The molecule has 0 bridgehead atoms. The zero-order chi connectivity index (χ0) is 49.7. The molecular weight excluding hydrogens is 1260 g/mol. The Balaban J connectivity index is 0.000000186. The van der Waals surface area contributed by atoms with Crippen molar-refractivity contribution in [2.24, 2.45) is 0 Å². The van der Waals surface area contributed by atoms with Gasteiger partial charge in [0.1, 0.15) is 34.9 Å². The summed E-state index contributed by atoms with van der Waals surface area (Å²) in [5.41, 5.74) is 3.73. The van der Waals surface area contributed by atoms with Crippen LogP contribution >= 0.6 is 64.5 Å². The molecule has 0 amide bonds. The Bertz CT molecular complexity index is 2470. The Hall–Kier alpha value is -3.72. The van der Waals surface area contributed by atoms with Gasteiger partial charge in [-0.25, -0.2) is 26.3 Å². The molecule has 0 saturated carbocycles. The van der Waals surface area contributed by atoms with Crippen LogP contribution in [0.25, 0.3) is 0 Å². The van der Waals surface area contributed by atoms with E-state index in [1.165, 1.54) is 94.5 Å². The summed E-state index contributed by atoms with van der Waals surface area (Å²) in [7, 11) is -2.55. The second-order valence-corrected chi connectivity index (χ2v) is 21.3. The third-order valence-electron chi connectivity index (χ3n) is 9.97. The maximum atomic E-state index is 13.2. The van der Waals surface area contributed by atoms with Gasteiger partial charge in [-0.15, -0.1) is 0 Å². The van der Waals surface area contributed by atoms with Crippen LogP contribution in [0.15, 0.2) is 219 Å². The van der Waals surface area contributed by atoms with E-state index in [0.717, 1.165) is 37.3 Å². The standard InChI is InChI=1S/C19H18NP.2C18H12F3P.2Cu.2HI/c1-15-6-10-17(11-7-15)21(19-5-3-4-14-20-19)18-12-8-16(2)9-13-18;2*19-13-1-7-16(8-2-13)22(17-9-3-14(20)4-10-17)18-11-5-15(21)6-12-18;;;;/h3-14H,1-2H3;2*1-12H;;;2*1H/q;;;2*+1;;/p-2. The quantitative estimate of drug-likeness (QED) is 0.0607. The monoisotopic (exact) mass is 1300 g/mol. The van der Waals surface area contributed by atoms with Crippen LogP contribution in [-0.4, -0.2) is 4.98 Å². The van der Waals surface area contributed by atoms with Crippen LogP contribution in [-0.2, 0) is 25.5 Å². The average molecular weight is 1300 g/mol. The molecule has 0 radical (unpaired) electrons. The van der Waals surface area contributed by atoms with Gasteiger partial charge in [0.05, 0.1) is 5.44 Å². The predicted octanol–water partition coefficient (Wildman–Crippen LogP) is 12.9. The van der Waals surface area contributed by atoms with E-state index < -0.39 is 23.8 Å². The van der Waals surface area contributed by atoms with Gasteiger partial charge in [0.15, 0.2) is 0 Å². The molecule has 1 aromatic heterocycles. The molecule has 0 spiro atoms. The summed E-state index contributed by atoms with van der Waals surface area (Å²) >= 11 is 11.7. The average Bonchev–Trinajstić information content (AvgIpc) is 3.38. The number of halogens is 8. The van der Waals surface area contributed by atoms with Gasteiger partial charge in [-0.2, -0.15) is 0 Å². The van der Waals surface area contributed by atoms with E-state index in [1.807, 2.05) is 12.3 Å². The first kappa shape index (κ1) is 56.2. The van der Waals surface area contributed by atoms with Crippen molar-refractivity contribution >= 4 is 112 Å². The maximum absolute atomic E-state index is 13.2. The van der Waals surface area contributed by atoms with Gasteiger partial charge in [-0.3, -0.25) is 4.98 Å². The van der Waals surface area contributed by atoms with Gasteiger partial charge in [0.2, 0.25) is 0 Å². The van der Waals surface area contributed by atoms with Gasteiger partial charge in [0, 0.05) is 14.1 Å². The summed E-state index contributed by atoms with van der Waals surface area (Å²) < 4.78 is 79.0. The summed E-state index contributed by atoms with van der Waals surface area (Å²) in [4.78, 5) is 4.61. The van der Waals surface area contributed by atoms with Gasteiger partial charge < -0.3 is 0 Å². The van der Waals surface area contributed by atoms with E-state index in [-0.39, 0.29) is 34.9 Å². The van der Waals surface area contributed by atoms with E-state index in [0.29, 0.717) is 0 Å². The summed E-state index contributed by atoms with van der Waals surface area (Å²) in [6, 6.07) is 61.2. The Labute approximate surface area is 443 Å². The number of hydrogen-bond donors (Lipinski definition) is 0. The van der Waals surface area contributed by atoms with Gasteiger partial charge >= 0.3 is 66.2 Å². The molecule has 0 aliphatic heterocycles. The van der Waals surface area contributed by atoms with Crippen LogP contribution in [0.3, 0.4) is 0 Å². The van der Waals surface area contributed by atoms with Crippen molar-refractivity contribution in [1.29, 1.82) is 0 Å². The molecule has 1 nitrogen and oxygen atoms in total. The molecule has 0 aliphatic carbocycles. The SMILES string of the molecule is Cc1ccc(P(c2ccc(C)cc2)c2ccccn2)cc1.Fc1ccc(P(c2ccc(F)cc2)c2ccc(F)cc2)cc1.Fc1ccc(P(c2ccc(F)cc2)c2ccc(F)cc2)cc1.[Cu][I].[Cu][I]. The van der Waals surface area contributed by atoms with E-state index in [1.54, 1.807) is 113 Å². The van der Waals surface area contributed by atoms with Gasteiger partial charge in [0.25, 0.3) is 0 Å². The van der Waals surface area contributed by atoms with Crippen LogP contribution in [0.5, 0.6) is 0 Å². The molecule has 1 heterocycles. The number of pyridine rings is 1. The molecule has 8 aromatic carbocycles. The molecular formula is C55H42Cu2F6I2NP3. The minimum absolute atomic E-state index is 0.308. The number of benzene rings is 8. The van der Waals surface area contributed by atoms with Crippen LogP contribution in [0.1, 0.15) is 11.1 Å². The van der Waals surface area contributed by atoms with E-state index in [4.69, 9.17) is 0 Å². The second-order valence-electron chi connectivity index (χ2n) is 14.7. The predicted molar refractivity (Wildman–Crippen MR) is 291 cm³/mol. The molecule has 0 N–H and O–H groups in total. The van der Waals surface area contributed by atoms with Crippen molar-refractivity contribution in [3.05, 3.63) is 265 Å². The molecule has 9 rings (SSSR count). The van der Waals surface area contributed by atoms with Crippen LogP contribution in [0.2, 0.25) is 0 Å². The summed E-state index contributed by atoms with van der Waals surface area (Å²) in [6.45, 7) is 4.25. The first-order valence-electron chi connectivity index (χ1n) is 20.7. The number of rotatable bonds is 9. The number of aromatic nitrogens is 1. The molecule has 69 heavy (non-hydrogen) atoms. The fraction of sp³-hybridized carbons (Fsp3) is 0.0364. The molecule has 0 unspecified atom stereocenters. The number of nitrogens with zero attached hydrogens (tertiary/aromatic N) is 1. The van der Waals surface area contributed by atoms with Crippen molar-refractivity contribution in [2.75, 3.05) is 0 Å². The van der Waals surface area contributed by atoms with Crippen molar-refractivity contribution < 1.29 is 51.9 Å². The third-order valence-corrected chi connectivity index (χ3v) is 17.2. The normalized spacial score (nSPS) is 10.4. The molecule has 9 aromatic rings. The topological polar surface area (TPSA) is 12.9 Å². The fourth-order valence-corrected chi connectivity index (χ4v) is 13.3. The van der Waals surface area contributed by atoms with E-state index >= 15 is 0 Å². The van der Waals surface area contributed by atoms with Crippen LogP contribution in [0, 0.1) is 48.8 Å². The fourth-order valence-electron chi connectivity index (χ4n) is 6.72. The summed E-state index contributed by atoms with van der Waals surface area (Å²) in [5, 5.41) is 8.24. The molecule has 360 valence electrons. The van der Waals surface area contributed by atoms with Gasteiger partial charge in [-0.05, 0) is 157 Å². The minimum atomic E-state index is -0.983. The molecule has 0 saturated heterocycles. The van der Waals surface area contributed by atoms with Crippen molar-refractivity contribution in [3.63, 3.8) is 0 Å². The van der Waals surface area contributed by atoms with E-state index in [2.05, 4.69) is 105 Å². The Kier molecular flexibility index (Phi) is 24.1. The molecule has 0 aliphatic rings. The Morgan fingerprint density at radius 3 is 0.696 bits per heavy atom. The third kappa shape index (κ3) is 17.2. The summed E-state index contributed by atoms with van der Waals surface area (Å²) in [6.07, 6.45) is 1.88. The van der Waals surface area contributed by atoms with Crippen molar-refractivity contribution in [3.8, 4) is 0 Å². The van der Waals surface area contributed by atoms with Crippen LogP contribution in [0.4, 0.5) is 26.3 Å². The first-order chi connectivity index (χ1) is 33.5. The van der Waals surface area contributed by atoms with E-state index in [9.17, 15) is 26.3 Å². The molecule has 0 fully saturated rings. The summed E-state index contributed by atoms with van der Waals surface area (Å²) in [5.74, 6) is -1.85. The zero-order valence-corrected chi connectivity index (χ0v) is 45.6. The number of aryl methyl sites for hydroxylation is 2. The number of hydrogen-bond acceptors (Lipinski definition) is 1. The Morgan fingerprint density at radius 1 is 0.290 bits per heavy atom. The second kappa shape index (κ2) is 29.6. The molecule has 0 atom stereocenters. The Morgan fingerprint density at radius 2 is 0.493 bits per heavy atom. The van der Waals surface area contributed by atoms with Crippen molar-refractivity contribution in [2.45, 2.75) is 13.8 Å². The van der Waals surface area contributed by atoms with Crippen LogP contribution < -0.4 is 47.9 Å². The van der Waals surface area contributed by atoms with Gasteiger partial charge in [-0.1, -0.05) is 139 Å². The first-order valence-corrected chi connectivity index (χ1v) is 30.8.